The Balaban J connectivity index is 1.55. The van der Waals surface area contributed by atoms with E-state index in [1.165, 1.54) is 25.7 Å². The maximum absolute atomic E-state index is 13.8. The molecule has 0 radical (unpaired) electrons. The van der Waals surface area contributed by atoms with Gasteiger partial charge in [0.25, 0.3) is 0 Å². The minimum Gasteiger partial charge on any atom is -0.491 e. The highest BCUT2D eigenvalue weighted by Crippen LogP contribution is 2.34. The number of nitrogens with one attached hydrogen (secondary N) is 1. The molecule has 1 N–H and O–H groups in total. The normalized spacial score (nSPS) is 28.8. The van der Waals surface area contributed by atoms with Gasteiger partial charge in [-0.1, -0.05) is 6.07 Å². The molecule has 3 rings (SSSR count). The van der Waals surface area contributed by atoms with Crippen LogP contribution < -0.4 is 10.1 Å². The Labute approximate surface area is 126 Å². The van der Waals surface area contributed by atoms with Gasteiger partial charge in [0.05, 0.1) is 6.61 Å². The summed E-state index contributed by atoms with van der Waals surface area (Å²) in [5.74, 6) is 0.0817. The molecule has 2 aliphatic rings. The molecule has 2 atom stereocenters. The van der Waals surface area contributed by atoms with Gasteiger partial charge < -0.3 is 15.0 Å². The predicted octanol–water partition coefficient (Wildman–Crippen LogP) is 2.94. The fourth-order valence-electron chi connectivity index (χ4n) is 3.77. The highest BCUT2D eigenvalue weighted by molar-refractivity contribution is 5.29. The molecule has 116 valence electrons. The Morgan fingerprint density at radius 2 is 2.00 bits per heavy atom. The molecule has 0 spiro atoms. The first-order valence-electron chi connectivity index (χ1n) is 8.04. The lowest BCUT2D eigenvalue weighted by atomic mass is 9.98. The first-order chi connectivity index (χ1) is 10.2. The summed E-state index contributed by atoms with van der Waals surface area (Å²) in [5.41, 5.74) is 0.988. The van der Waals surface area contributed by atoms with E-state index in [1.54, 1.807) is 12.1 Å². The third kappa shape index (κ3) is 3.22. The molecule has 2 aliphatic heterocycles. The Morgan fingerprint density at radius 3 is 2.62 bits per heavy atom. The van der Waals surface area contributed by atoms with Gasteiger partial charge in [-0.05, 0) is 57.4 Å². The van der Waals surface area contributed by atoms with Crippen molar-refractivity contribution in [2.75, 3.05) is 13.7 Å². The van der Waals surface area contributed by atoms with Crippen LogP contribution in [-0.2, 0) is 6.54 Å². The minimum atomic E-state index is -0.264. The van der Waals surface area contributed by atoms with Gasteiger partial charge >= 0.3 is 0 Å². The van der Waals surface area contributed by atoms with Crippen LogP contribution in [-0.4, -0.2) is 36.7 Å². The Bertz CT molecular complexity index is 480. The van der Waals surface area contributed by atoms with Crippen LogP contribution in [0.15, 0.2) is 18.2 Å². The average molecular weight is 292 g/mol. The lowest BCUT2D eigenvalue weighted by Crippen LogP contribution is -2.46. The van der Waals surface area contributed by atoms with Gasteiger partial charge in [0.2, 0.25) is 0 Å². The van der Waals surface area contributed by atoms with Gasteiger partial charge in [0.1, 0.15) is 0 Å². The number of piperidine rings is 1. The van der Waals surface area contributed by atoms with Gasteiger partial charge in [0.15, 0.2) is 11.6 Å². The summed E-state index contributed by atoms with van der Waals surface area (Å²) >= 11 is 0. The molecular formula is C17H25FN2O. The van der Waals surface area contributed by atoms with Crippen molar-refractivity contribution in [1.29, 1.82) is 0 Å². The van der Waals surface area contributed by atoms with E-state index in [0.29, 0.717) is 18.4 Å². The van der Waals surface area contributed by atoms with Gasteiger partial charge in [-0.2, -0.15) is 0 Å². The zero-order chi connectivity index (χ0) is 14.8. The number of fused-ring (bicyclic) bond motifs is 2. The summed E-state index contributed by atoms with van der Waals surface area (Å²) in [5, 5.41) is 3.60. The molecule has 2 unspecified atom stereocenters. The summed E-state index contributed by atoms with van der Waals surface area (Å²) in [7, 11) is 2.25. The van der Waals surface area contributed by atoms with Gasteiger partial charge in [-0.25, -0.2) is 4.39 Å². The molecule has 2 heterocycles. The quantitative estimate of drug-likeness (QED) is 0.903. The van der Waals surface area contributed by atoms with E-state index in [9.17, 15) is 4.39 Å². The Morgan fingerprint density at radius 1 is 1.29 bits per heavy atom. The third-order valence-corrected chi connectivity index (χ3v) is 4.99. The second-order valence-electron chi connectivity index (χ2n) is 6.30. The Hall–Kier alpha value is -1.13. The number of hydrogen-bond donors (Lipinski definition) is 1. The van der Waals surface area contributed by atoms with Crippen LogP contribution in [0.5, 0.6) is 5.75 Å². The van der Waals surface area contributed by atoms with E-state index in [4.69, 9.17) is 4.74 Å². The average Bonchev–Trinajstić information content (AvgIpc) is 2.70. The standard InChI is InChI=1S/C17H25FN2O/c1-3-21-17-7-4-12(8-16(17)18)11-19-13-9-14-5-6-15(10-13)20(14)2/h4,7-8,13-15,19H,3,5-6,9-11H2,1-2H3. The van der Waals surface area contributed by atoms with Crippen LogP contribution in [0.1, 0.15) is 38.2 Å². The zero-order valence-corrected chi connectivity index (χ0v) is 12.9. The van der Waals surface area contributed by atoms with Gasteiger partial charge in [-0.15, -0.1) is 0 Å². The minimum absolute atomic E-state index is 0.264. The first-order valence-corrected chi connectivity index (χ1v) is 8.04. The molecule has 2 fully saturated rings. The second kappa shape index (κ2) is 6.32. The van der Waals surface area contributed by atoms with Crippen molar-refractivity contribution in [3.05, 3.63) is 29.6 Å². The molecule has 2 bridgehead atoms. The van der Waals surface area contributed by atoms with E-state index >= 15 is 0 Å². The number of nitrogens with zero attached hydrogens (tertiary/aromatic N) is 1. The maximum Gasteiger partial charge on any atom is 0.165 e. The summed E-state index contributed by atoms with van der Waals surface area (Å²) < 4.78 is 19.1. The topological polar surface area (TPSA) is 24.5 Å². The first kappa shape index (κ1) is 14.8. The molecule has 0 amide bonds. The van der Waals surface area contributed by atoms with Crippen molar-refractivity contribution in [2.24, 2.45) is 0 Å². The van der Waals surface area contributed by atoms with E-state index in [2.05, 4.69) is 17.3 Å². The zero-order valence-electron chi connectivity index (χ0n) is 12.9. The highest BCUT2D eigenvalue weighted by atomic mass is 19.1. The molecular weight excluding hydrogens is 267 g/mol. The van der Waals surface area contributed by atoms with Crippen molar-refractivity contribution in [3.63, 3.8) is 0 Å². The summed E-state index contributed by atoms with van der Waals surface area (Å²) in [6.07, 6.45) is 5.09. The van der Waals surface area contributed by atoms with Gasteiger partial charge in [0, 0.05) is 24.7 Å². The van der Waals surface area contributed by atoms with E-state index < -0.39 is 0 Å². The van der Waals surface area contributed by atoms with E-state index in [0.717, 1.165) is 24.2 Å². The number of ether oxygens (including phenoxy) is 1. The Kier molecular flexibility index (Phi) is 4.45. The summed E-state index contributed by atoms with van der Waals surface area (Å²) in [6.45, 7) is 3.09. The van der Waals surface area contributed by atoms with Crippen LogP contribution in [0, 0.1) is 5.82 Å². The van der Waals surface area contributed by atoms with Crippen LogP contribution in [0.2, 0.25) is 0 Å². The highest BCUT2D eigenvalue weighted by Gasteiger charge is 2.37. The molecule has 0 aromatic heterocycles. The van der Waals surface area contributed by atoms with Gasteiger partial charge in [-0.3, -0.25) is 0 Å². The van der Waals surface area contributed by atoms with E-state index in [1.807, 2.05) is 13.0 Å². The number of hydrogen-bond acceptors (Lipinski definition) is 3. The van der Waals surface area contributed by atoms with Crippen LogP contribution in [0.25, 0.3) is 0 Å². The molecule has 3 nitrogen and oxygen atoms in total. The van der Waals surface area contributed by atoms with Crippen molar-refractivity contribution in [2.45, 2.75) is 57.3 Å². The fraction of sp³-hybridized carbons (Fsp3) is 0.647. The molecule has 1 aromatic rings. The monoisotopic (exact) mass is 292 g/mol. The lowest BCUT2D eigenvalue weighted by Gasteiger charge is -2.36. The smallest absolute Gasteiger partial charge is 0.165 e. The van der Waals surface area contributed by atoms with Crippen molar-refractivity contribution < 1.29 is 9.13 Å². The largest absolute Gasteiger partial charge is 0.491 e. The molecule has 1 aromatic carbocycles. The van der Waals surface area contributed by atoms with Crippen molar-refractivity contribution in [1.82, 2.24) is 10.2 Å². The molecule has 4 heteroatoms. The van der Waals surface area contributed by atoms with E-state index in [-0.39, 0.29) is 5.82 Å². The number of rotatable bonds is 5. The SMILES string of the molecule is CCOc1ccc(CNC2CC3CCC(C2)N3C)cc1F. The fourth-order valence-corrected chi connectivity index (χ4v) is 3.77. The molecule has 0 saturated carbocycles. The molecule has 0 aliphatic carbocycles. The molecule has 2 saturated heterocycles. The third-order valence-electron chi connectivity index (χ3n) is 4.99. The van der Waals surface area contributed by atoms with Crippen LogP contribution in [0.4, 0.5) is 4.39 Å². The predicted molar refractivity (Wildman–Crippen MR) is 82.0 cm³/mol. The summed E-state index contributed by atoms with van der Waals surface area (Å²) in [6, 6.07) is 7.30. The number of benzene rings is 1. The second-order valence-corrected chi connectivity index (χ2v) is 6.30. The molecule has 21 heavy (non-hydrogen) atoms. The number of halogens is 1. The van der Waals surface area contributed by atoms with Crippen molar-refractivity contribution >= 4 is 0 Å². The van der Waals surface area contributed by atoms with Crippen LogP contribution >= 0.6 is 0 Å². The van der Waals surface area contributed by atoms with Crippen molar-refractivity contribution in [3.8, 4) is 5.75 Å². The maximum atomic E-state index is 13.8. The summed E-state index contributed by atoms with van der Waals surface area (Å²) in [4.78, 5) is 2.54. The van der Waals surface area contributed by atoms with Crippen LogP contribution in [0.3, 0.4) is 0 Å². The lowest BCUT2D eigenvalue weighted by molar-refractivity contribution is 0.148.